The summed E-state index contributed by atoms with van der Waals surface area (Å²) >= 11 is 7.40. The van der Waals surface area contributed by atoms with E-state index in [0.29, 0.717) is 17.1 Å². The van der Waals surface area contributed by atoms with Crippen LogP contribution in [0.2, 0.25) is 5.02 Å². The van der Waals surface area contributed by atoms with E-state index in [-0.39, 0.29) is 11.8 Å². The Hall–Kier alpha value is -2.38. The molecule has 8 heteroatoms. The minimum atomic E-state index is -0.695. The Kier molecular flexibility index (Phi) is 4.82. The van der Waals surface area contributed by atoms with Crippen molar-refractivity contribution in [3.8, 4) is 0 Å². The molecular formula is C16H15ClN4O2S. The Morgan fingerprint density at radius 2 is 2.21 bits per heavy atom. The Bertz CT molecular complexity index is 875. The first-order chi connectivity index (χ1) is 11.6. The third-order valence-electron chi connectivity index (χ3n) is 3.59. The van der Waals surface area contributed by atoms with E-state index in [4.69, 9.17) is 11.6 Å². The van der Waals surface area contributed by atoms with E-state index in [2.05, 4.69) is 20.6 Å². The number of rotatable bonds is 5. The molecule has 0 aliphatic rings. The number of fused-ring (bicyclic) bond motifs is 1. The van der Waals surface area contributed by atoms with E-state index in [1.54, 1.807) is 29.8 Å². The lowest BCUT2D eigenvalue weighted by Gasteiger charge is -2.15. The van der Waals surface area contributed by atoms with Gasteiger partial charge in [0, 0.05) is 34.8 Å². The number of amides is 2. The maximum Gasteiger partial charge on any atom is 0.268 e. The van der Waals surface area contributed by atoms with Gasteiger partial charge in [0.2, 0.25) is 5.91 Å². The zero-order valence-corrected chi connectivity index (χ0v) is 14.4. The minimum absolute atomic E-state index is 0.268. The van der Waals surface area contributed by atoms with Gasteiger partial charge in [-0.2, -0.15) is 0 Å². The SMILES string of the molecule is CNC(=O)[C@H](Cc1cscn1)NC(=O)c1cc2cc(Cl)ccc2[nH]1. The quantitative estimate of drug-likeness (QED) is 0.651. The lowest BCUT2D eigenvalue weighted by Crippen LogP contribution is -2.47. The van der Waals surface area contributed by atoms with E-state index in [9.17, 15) is 9.59 Å². The van der Waals surface area contributed by atoms with Gasteiger partial charge in [-0.25, -0.2) is 4.98 Å². The van der Waals surface area contributed by atoms with Crippen molar-refractivity contribution in [2.75, 3.05) is 7.05 Å². The number of hydrogen-bond acceptors (Lipinski definition) is 4. The molecule has 2 aromatic heterocycles. The second-order valence-electron chi connectivity index (χ2n) is 5.24. The predicted octanol–water partition coefficient (Wildman–Crippen LogP) is 2.36. The van der Waals surface area contributed by atoms with Crippen LogP contribution >= 0.6 is 22.9 Å². The topological polar surface area (TPSA) is 86.9 Å². The molecule has 0 aliphatic heterocycles. The van der Waals surface area contributed by atoms with Crippen molar-refractivity contribution in [3.63, 3.8) is 0 Å². The molecule has 24 heavy (non-hydrogen) atoms. The molecule has 3 aromatic rings. The normalized spacial score (nSPS) is 12.1. The van der Waals surface area contributed by atoms with Crippen molar-refractivity contribution >= 4 is 45.7 Å². The number of benzene rings is 1. The van der Waals surface area contributed by atoms with Crippen LogP contribution in [0, 0.1) is 0 Å². The summed E-state index contributed by atoms with van der Waals surface area (Å²) in [6, 6.07) is 6.34. The summed E-state index contributed by atoms with van der Waals surface area (Å²) in [5.74, 6) is -0.623. The molecule has 0 radical (unpaired) electrons. The highest BCUT2D eigenvalue weighted by Crippen LogP contribution is 2.20. The summed E-state index contributed by atoms with van der Waals surface area (Å²) < 4.78 is 0. The van der Waals surface area contributed by atoms with Gasteiger partial charge in [-0.1, -0.05) is 11.6 Å². The van der Waals surface area contributed by atoms with Gasteiger partial charge >= 0.3 is 0 Å². The molecule has 124 valence electrons. The van der Waals surface area contributed by atoms with E-state index in [1.807, 2.05) is 5.38 Å². The zero-order chi connectivity index (χ0) is 17.1. The number of carbonyl (C=O) groups is 2. The summed E-state index contributed by atoms with van der Waals surface area (Å²) in [6.45, 7) is 0. The van der Waals surface area contributed by atoms with Crippen LogP contribution in [0.25, 0.3) is 10.9 Å². The van der Waals surface area contributed by atoms with Crippen molar-refractivity contribution in [2.45, 2.75) is 12.5 Å². The average molecular weight is 363 g/mol. The first kappa shape index (κ1) is 16.5. The van der Waals surface area contributed by atoms with Crippen molar-refractivity contribution in [3.05, 3.63) is 51.6 Å². The summed E-state index contributed by atoms with van der Waals surface area (Å²) in [7, 11) is 1.54. The molecular weight excluding hydrogens is 348 g/mol. The second-order valence-corrected chi connectivity index (χ2v) is 6.39. The molecule has 2 heterocycles. The van der Waals surface area contributed by atoms with Crippen molar-refractivity contribution in [1.82, 2.24) is 20.6 Å². The molecule has 6 nitrogen and oxygen atoms in total. The predicted molar refractivity (Wildman–Crippen MR) is 94.4 cm³/mol. The van der Waals surface area contributed by atoms with Crippen LogP contribution in [0.1, 0.15) is 16.2 Å². The third kappa shape index (κ3) is 3.58. The van der Waals surface area contributed by atoms with Crippen LogP contribution in [0.15, 0.2) is 35.2 Å². The molecule has 3 N–H and O–H groups in total. The maximum atomic E-state index is 12.5. The fourth-order valence-corrected chi connectivity index (χ4v) is 3.14. The highest BCUT2D eigenvalue weighted by molar-refractivity contribution is 7.07. The number of nitrogens with zero attached hydrogens (tertiary/aromatic N) is 1. The van der Waals surface area contributed by atoms with Gasteiger partial charge in [0.1, 0.15) is 11.7 Å². The summed E-state index contributed by atoms with van der Waals surface area (Å²) in [4.78, 5) is 31.7. The second kappa shape index (κ2) is 7.02. The van der Waals surface area contributed by atoms with E-state index in [0.717, 1.165) is 16.6 Å². The first-order valence-corrected chi connectivity index (χ1v) is 8.56. The van der Waals surface area contributed by atoms with E-state index < -0.39 is 6.04 Å². The molecule has 0 aliphatic carbocycles. The molecule has 0 spiro atoms. The van der Waals surface area contributed by atoms with Gasteiger partial charge in [0.05, 0.1) is 11.2 Å². The number of H-pyrrole nitrogens is 1. The number of thiazole rings is 1. The number of carbonyl (C=O) groups excluding carboxylic acids is 2. The largest absolute Gasteiger partial charge is 0.357 e. The standard InChI is InChI=1S/C16H15ClN4O2S/c1-18-15(22)14(6-11-7-24-8-19-11)21-16(23)13-5-9-4-10(17)2-3-12(9)20-13/h2-5,7-8,14,20H,6H2,1H3,(H,18,22)(H,21,23)/t14-/m0/s1. The highest BCUT2D eigenvalue weighted by Gasteiger charge is 2.22. The number of aromatic nitrogens is 2. The molecule has 0 saturated carbocycles. The minimum Gasteiger partial charge on any atom is -0.357 e. The smallest absolute Gasteiger partial charge is 0.268 e. The van der Waals surface area contributed by atoms with Crippen molar-refractivity contribution in [1.29, 1.82) is 0 Å². The lowest BCUT2D eigenvalue weighted by atomic mass is 10.1. The van der Waals surface area contributed by atoms with Crippen LogP contribution in [-0.4, -0.2) is 34.9 Å². The Balaban J connectivity index is 1.79. The van der Waals surface area contributed by atoms with Crippen molar-refractivity contribution in [2.24, 2.45) is 0 Å². The number of likely N-dealkylation sites (N-methyl/N-ethyl adjacent to an activating group) is 1. The fraction of sp³-hybridized carbons (Fsp3) is 0.188. The van der Waals surface area contributed by atoms with Gasteiger partial charge in [0.15, 0.2) is 0 Å². The molecule has 2 amide bonds. The summed E-state index contributed by atoms with van der Waals surface area (Å²) in [5.41, 5.74) is 3.64. The third-order valence-corrected chi connectivity index (χ3v) is 4.46. The molecule has 0 unspecified atom stereocenters. The van der Waals surface area contributed by atoms with Crippen LogP contribution in [-0.2, 0) is 11.2 Å². The molecule has 1 atom stereocenters. The van der Waals surface area contributed by atoms with Gasteiger partial charge in [-0.05, 0) is 24.3 Å². The number of aromatic amines is 1. The Labute approximate surface area is 147 Å². The Morgan fingerprint density at radius 1 is 1.38 bits per heavy atom. The molecule has 3 rings (SSSR count). The van der Waals surface area contributed by atoms with Gasteiger partial charge in [-0.15, -0.1) is 11.3 Å². The van der Waals surface area contributed by atoms with E-state index in [1.165, 1.54) is 18.4 Å². The van der Waals surface area contributed by atoms with E-state index >= 15 is 0 Å². The lowest BCUT2D eigenvalue weighted by molar-refractivity contribution is -0.122. The van der Waals surface area contributed by atoms with Crippen molar-refractivity contribution < 1.29 is 9.59 Å². The number of hydrogen-bond donors (Lipinski definition) is 3. The number of halogens is 1. The molecule has 0 bridgehead atoms. The van der Waals surface area contributed by atoms with Gasteiger partial charge < -0.3 is 15.6 Å². The summed E-state index contributed by atoms with van der Waals surface area (Å²) in [5, 5.41) is 8.60. The van der Waals surface area contributed by atoms with Gasteiger partial charge in [0.25, 0.3) is 5.91 Å². The molecule has 0 saturated heterocycles. The first-order valence-electron chi connectivity index (χ1n) is 7.24. The Morgan fingerprint density at radius 3 is 2.92 bits per heavy atom. The summed E-state index contributed by atoms with van der Waals surface area (Å²) in [6.07, 6.45) is 0.334. The van der Waals surface area contributed by atoms with Gasteiger partial charge in [-0.3, -0.25) is 9.59 Å². The highest BCUT2D eigenvalue weighted by atomic mass is 35.5. The zero-order valence-electron chi connectivity index (χ0n) is 12.8. The number of nitrogens with one attached hydrogen (secondary N) is 3. The van der Waals surface area contributed by atoms with Crippen LogP contribution < -0.4 is 10.6 Å². The van der Waals surface area contributed by atoms with Crippen LogP contribution in [0.3, 0.4) is 0 Å². The fourth-order valence-electron chi connectivity index (χ4n) is 2.39. The average Bonchev–Trinajstić information content (AvgIpc) is 3.22. The molecule has 1 aromatic carbocycles. The van der Waals surface area contributed by atoms with Crippen LogP contribution in [0.5, 0.6) is 0 Å². The monoisotopic (exact) mass is 362 g/mol. The molecule has 0 fully saturated rings. The van der Waals surface area contributed by atoms with Crippen LogP contribution in [0.4, 0.5) is 0 Å². The maximum absolute atomic E-state index is 12.5.